The summed E-state index contributed by atoms with van der Waals surface area (Å²) in [5.74, 6) is -0.801. The molecule has 1 amide bonds. The fraction of sp³-hybridized carbons (Fsp3) is 0.462. The van der Waals surface area contributed by atoms with Crippen molar-refractivity contribution in [2.45, 2.75) is 39.2 Å². The van der Waals surface area contributed by atoms with E-state index in [-0.39, 0.29) is 17.5 Å². The molecule has 0 saturated heterocycles. The van der Waals surface area contributed by atoms with E-state index >= 15 is 0 Å². The van der Waals surface area contributed by atoms with Gasteiger partial charge in [-0.15, -0.1) is 0 Å². The van der Waals surface area contributed by atoms with Crippen molar-refractivity contribution in [2.24, 2.45) is 0 Å². The number of hydrogen-bond acceptors (Lipinski definition) is 1. The first-order valence-corrected chi connectivity index (χ1v) is 5.70. The maximum atomic E-state index is 13.3. The van der Waals surface area contributed by atoms with Gasteiger partial charge in [0, 0.05) is 6.04 Å². The van der Waals surface area contributed by atoms with Crippen LogP contribution in [0.3, 0.4) is 0 Å². The van der Waals surface area contributed by atoms with Crippen LogP contribution in [0.4, 0.5) is 4.39 Å². The number of halogens is 1. The lowest BCUT2D eigenvalue weighted by atomic mass is 10.1. The van der Waals surface area contributed by atoms with Crippen LogP contribution in [0.1, 0.15) is 43.5 Å². The van der Waals surface area contributed by atoms with Crippen LogP contribution < -0.4 is 5.32 Å². The smallest absolute Gasteiger partial charge is 0.254 e. The second-order valence-electron chi connectivity index (χ2n) is 4.00. The molecule has 16 heavy (non-hydrogen) atoms. The zero-order valence-electron chi connectivity index (χ0n) is 9.79. The number of carbonyl (C=O) groups is 1. The fourth-order valence-corrected chi connectivity index (χ4v) is 1.53. The van der Waals surface area contributed by atoms with E-state index in [9.17, 15) is 9.18 Å². The monoisotopic (exact) mass is 223 g/mol. The maximum absolute atomic E-state index is 13.3. The molecule has 0 aliphatic heterocycles. The first-order chi connectivity index (χ1) is 7.65. The molecular formula is C13H18FNO. The van der Waals surface area contributed by atoms with Crippen LogP contribution in [0.25, 0.3) is 0 Å². The van der Waals surface area contributed by atoms with Gasteiger partial charge in [0.2, 0.25) is 0 Å². The molecule has 88 valence electrons. The molecule has 0 bridgehead atoms. The standard InChI is InChI=1S/C13H18FNO/c1-3-4-7-10(2)15-13(16)11-8-5-6-9-12(11)14/h5-6,8-10H,3-4,7H2,1-2H3,(H,15,16). The molecule has 0 aromatic heterocycles. The summed E-state index contributed by atoms with van der Waals surface area (Å²) in [6.07, 6.45) is 3.09. The number of rotatable bonds is 5. The van der Waals surface area contributed by atoms with Gasteiger partial charge in [-0.3, -0.25) is 4.79 Å². The SMILES string of the molecule is CCCCC(C)NC(=O)c1ccccc1F. The van der Waals surface area contributed by atoms with Crippen LogP contribution in [0.15, 0.2) is 24.3 Å². The Bertz CT molecular complexity index is 352. The maximum Gasteiger partial charge on any atom is 0.254 e. The molecule has 2 nitrogen and oxygen atoms in total. The van der Waals surface area contributed by atoms with Crippen molar-refractivity contribution >= 4 is 5.91 Å². The molecule has 1 N–H and O–H groups in total. The van der Waals surface area contributed by atoms with E-state index in [1.54, 1.807) is 12.1 Å². The molecule has 0 spiro atoms. The van der Waals surface area contributed by atoms with Gasteiger partial charge in [0.25, 0.3) is 5.91 Å². The third kappa shape index (κ3) is 3.65. The average Bonchev–Trinajstić information content (AvgIpc) is 2.26. The van der Waals surface area contributed by atoms with Gasteiger partial charge in [-0.25, -0.2) is 4.39 Å². The van der Waals surface area contributed by atoms with E-state index in [2.05, 4.69) is 12.2 Å². The van der Waals surface area contributed by atoms with E-state index in [1.807, 2.05) is 6.92 Å². The van der Waals surface area contributed by atoms with Crippen LogP contribution in [0.2, 0.25) is 0 Å². The summed E-state index contributed by atoms with van der Waals surface area (Å²) in [4.78, 5) is 11.7. The van der Waals surface area contributed by atoms with Crippen LogP contribution in [-0.2, 0) is 0 Å². The molecule has 0 aliphatic rings. The molecule has 1 atom stereocenters. The van der Waals surface area contributed by atoms with Crippen molar-refractivity contribution in [3.8, 4) is 0 Å². The Balaban J connectivity index is 2.56. The zero-order valence-corrected chi connectivity index (χ0v) is 9.79. The Kier molecular flexibility index (Phi) is 4.96. The highest BCUT2D eigenvalue weighted by molar-refractivity contribution is 5.94. The number of hydrogen-bond donors (Lipinski definition) is 1. The number of unbranched alkanes of at least 4 members (excludes halogenated alkanes) is 1. The number of amides is 1. The van der Waals surface area contributed by atoms with Crippen molar-refractivity contribution in [1.29, 1.82) is 0 Å². The summed E-state index contributed by atoms with van der Waals surface area (Å²) >= 11 is 0. The van der Waals surface area contributed by atoms with Gasteiger partial charge in [0.15, 0.2) is 0 Å². The molecule has 1 aromatic carbocycles. The average molecular weight is 223 g/mol. The minimum Gasteiger partial charge on any atom is -0.349 e. The lowest BCUT2D eigenvalue weighted by molar-refractivity contribution is 0.0934. The predicted molar refractivity (Wildman–Crippen MR) is 62.9 cm³/mol. The van der Waals surface area contributed by atoms with Gasteiger partial charge in [0.1, 0.15) is 5.82 Å². The van der Waals surface area contributed by atoms with Gasteiger partial charge < -0.3 is 5.32 Å². The summed E-state index contributed by atoms with van der Waals surface area (Å²) < 4.78 is 13.3. The molecule has 0 heterocycles. The van der Waals surface area contributed by atoms with Crippen molar-refractivity contribution in [2.75, 3.05) is 0 Å². The van der Waals surface area contributed by atoms with Gasteiger partial charge in [-0.1, -0.05) is 31.9 Å². The molecule has 0 radical (unpaired) electrons. The van der Waals surface area contributed by atoms with Crippen LogP contribution >= 0.6 is 0 Å². The van der Waals surface area contributed by atoms with Gasteiger partial charge in [-0.05, 0) is 25.5 Å². The highest BCUT2D eigenvalue weighted by atomic mass is 19.1. The summed E-state index contributed by atoms with van der Waals surface area (Å²) in [5.41, 5.74) is 0.117. The van der Waals surface area contributed by atoms with Crippen LogP contribution in [0, 0.1) is 5.82 Å². The van der Waals surface area contributed by atoms with Crippen molar-refractivity contribution in [3.63, 3.8) is 0 Å². The van der Waals surface area contributed by atoms with E-state index in [4.69, 9.17) is 0 Å². The summed E-state index contributed by atoms with van der Waals surface area (Å²) in [6.45, 7) is 4.04. The lowest BCUT2D eigenvalue weighted by Gasteiger charge is -2.13. The van der Waals surface area contributed by atoms with E-state index in [0.717, 1.165) is 19.3 Å². The molecular weight excluding hydrogens is 205 g/mol. The summed E-state index contributed by atoms with van der Waals surface area (Å²) in [7, 11) is 0. The summed E-state index contributed by atoms with van der Waals surface area (Å²) in [6, 6.07) is 6.12. The largest absolute Gasteiger partial charge is 0.349 e. The molecule has 1 unspecified atom stereocenters. The number of benzene rings is 1. The van der Waals surface area contributed by atoms with Crippen molar-refractivity contribution in [1.82, 2.24) is 5.32 Å². The highest BCUT2D eigenvalue weighted by Crippen LogP contribution is 2.07. The van der Waals surface area contributed by atoms with Gasteiger partial charge in [-0.2, -0.15) is 0 Å². The third-order valence-electron chi connectivity index (χ3n) is 2.49. The van der Waals surface area contributed by atoms with Crippen LogP contribution in [-0.4, -0.2) is 11.9 Å². The highest BCUT2D eigenvalue weighted by Gasteiger charge is 2.12. The molecule has 0 aliphatic carbocycles. The Labute approximate surface area is 95.9 Å². The minimum absolute atomic E-state index is 0.0899. The second-order valence-corrected chi connectivity index (χ2v) is 4.00. The Morgan fingerprint density at radius 3 is 2.75 bits per heavy atom. The van der Waals surface area contributed by atoms with Crippen LogP contribution in [0.5, 0.6) is 0 Å². The number of carbonyl (C=O) groups excluding carboxylic acids is 1. The Hall–Kier alpha value is -1.38. The Morgan fingerprint density at radius 2 is 2.12 bits per heavy atom. The Morgan fingerprint density at radius 1 is 1.44 bits per heavy atom. The molecule has 1 aromatic rings. The first-order valence-electron chi connectivity index (χ1n) is 5.70. The topological polar surface area (TPSA) is 29.1 Å². The predicted octanol–water partition coefficient (Wildman–Crippen LogP) is 3.13. The zero-order chi connectivity index (χ0) is 12.0. The minimum atomic E-state index is -0.470. The van der Waals surface area contributed by atoms with Gasteiger partial charge in [0.05, 0.1) is 5.56 Å². The molecule has 0 fully saturated rings. The third-order valence-corrected chi connectivity index (χ3v) is 2.49. The lowest BCUT2D eigenvalue weighted by Crippen LogP contribution is -2.32. The first kappa shape index (κ1) is 12.7. The quantitative estimate of drug-likeness (QED) is 0.816. The van der Waals surface area contributed by atoms with Crippen molar-refractivity contribution < 1.29 is 9.18 Å². The van der Waals surface area contributed by atoms with Gasteiger partial charge >= 0.3 is 0 Å². The molecule has 3 heteroatoms. The summed E-state index contributed by atoms with van der Waals surface area (Å²) in [5, 5.41) is 2.79. The van der Waals surface area contributed by atoms with E-state index in [1.165, 1.54) is 12.1 Å². The van der Waals surface area contributed by atoms with E-state index in [0.29, 0.717) is 0 Å². The normalized spacial score (nSPS) is 12.2. The van der Waals surface area contributed by atoms with Crippen molar-refractivity contribution in [3.05, 3.63) is 35.6 Å². The fourth-order valence-electron chi connectivity index (χ4n) is 1.53. The second kappa shape index (κ2) is 6.26. The molecule has 0 saturated carbocycles. The molecule has 1 rings (SSSR count). The van der Waals surface area contributed by atoms with E-state index < -0.39 is 5.82 Å². The number of nitrogens with one attached hydrogen (secondary N) is 1.